The van der Waals surface area contributed by atoms with E-state index in [0.717, 1.165) is 43.5 Å². The second-order valence-electron chi connectivity index (χ2n) is 5.54. The van der Waals surface area contributed by atoms with E-state index in [0.29, 0.717) is 0 Å². The number of benzene rings is 1. The molecule has 0 saturated carbocycles. The van der Waals surface area contributed by atoms with Crippen molar-refractivity contribution in [1.29, 1.82) is 0 Å². The van der Waals surface area contributed by atoms with Crippen LogP contribution < -0.4 is 10.1 Å². The summed E-state index contributed by atoms with van der Waals surface area (Å²) in [5, 5.41) is 3.50. The molecular weight excluding hydrogens is 264 g/mol. The Morgan fingerprint density at radius 3 is 2.67 bits per heavy atom. The van der Waals surface area contributed by atoms with Crippen LogP contribution in [0.3, 0.4) is 0 Å². The molecule has 2 atom stereocenters. The van der Waals surface area contributed by atoms with Crippen molar-refractivity contribution in [3.63, 3.8) is 0 Å². The summed E-state index contributed by atoms with van der Waals surface area (Å²) < 4.78 is 5.46. The van der Waals surface area contributed by atoms with Crippen LogP contribution in [-0.2, 0) is 4.79 Å². The van der Waals surface area contributed by atoms with Gasteiger partial charge < -0.3 is 9.64 Å². The summed E-state index contributed by atoms with van der Waals surface area (Å²) >= 11 is 0. The highest BCUT2D eigenvalue weighted by Crippen LogP contribution is 2.32. The maximum absolute atomic E-state index is 12.6. The monoisotopic (exact) mass is 290 g/mol. The second kappa shape index (κ2) is 7.46. The molecule has 1 aliphatic rings. The zero-order chi connectivity index (χ0) is 15.2. The molecule has 1 saturated heterocycles. The van der Waals surface area contributed by atoms with Crippen LogP contribution in [0.4, 0.5) is 0 Å². The number of hydrogen-bond donors (Lipinski definition) is 1. The highest BCUT2D eigenvalue weighted by Gasteiger charge is 2.39. The number of nitrogens with zero attached hydrogens (tertiary/aromatic N) is 1. The molecule has 0 bridgehead atoms. The summed E-state index contributed by atoms with van der Waals surface area (Å²) in [5.74, 6) is 1.06. The van der Waals surface area contributed by atoms with Crippen LogP contribution >= 0.6 is 0 Å². The Hall–Kier alpha value is -1.55. The van der Waals surface area contributed by atoms with Gasteiger partial charge >= 0.3 is 0 Å². The van der Waals surface area contributed by atoms with Gasteiger partial charge in [-0.25, -0.2) is 0 Å². The molecule has 2 rings (SSSR count). The molecule has 0 aromatic heterocycles. The van der Waals surface area contributed by atoms with E-state index in [2.05, 4.69) is 19.2 Å². The molecule has 1 N–H and O–H groups in total. The second-order valence-corrected chi connectivity index (χ2v) is 5.54. The van der Waals surface area contributed by atoms with E-state index in [1.54, 1.807) is 7.11 Å². The molecule has 1 heterocycles. The van der Waals surface area contributed by atoms with Crippen molar-refractivity contribution >= 4 is 5.91 Å². The molecule has 1 aliphatic heterocycles. The molecule has 116 valence electrons. The van der Waals surface area contributed by atoms with Crippen LogP contribution in [0.5, 0.6) is 5.75 Å². The van der Waals surface area contributed by atoms with Crippen molar-refractivity contribution in [3.05, 3.63) is 29.8 Å². The van der Waals surface area contributed by atoms with Gasteiger partial charge in [0.25, 0.3) is 0 Å². The molecule has 21 heavy (non-hydrogen) atoms. The average molecular weight is 290 g/mol. The van der Waals surface area contributed by atoms with E-state index in [1.165, 1.54) is 0 Å². The van der Waals surface area contributed by atoms with Crippen molar-refractivity contribution in [2.75, 3.05) is 13.7 Å². The predicted octanol–water partition coefficient (Wildman–Crippen LogP) is 3.09. The van der Waals surface area contributed by atoms with E-state index in [-0.39, 0.29) is 18.1 Å². The van der Waals surface area contributed by atoms with E-state index >= 15 is 0 Å². The highest BCUT2D eigenvalue weighted by atomic mass is 16.5. The Morgan fingerprint density at radius 1 is 1.24 bits per heavy atom. The molecule has 1 fully saturated rings. The van der Waals surface area contributed by atoms with Crippen LogP contribution in [0.2, 0.25) is 0 Å². The van der Waals surface area contributed by atoms with Gasteiger partial charge in [-0.3, -0.25) is 10.1 Å². The Bertz CT molecular complexity index is 476. The topological polar surface area (TPSA) is 41.6 Å². The lowest BCUT2D eigenvalue weighted by Crippen LogP contribution is -2.31. The van der Waals surface area contributed by atoms with Gasteiger partial charge in [0.2, 0.25) is 5.91 Å². The Kier molecular flexibility index (Phi) is 5.62. The lowest BCUT2D eigenvalue weighted by Gasteiger charge is -2.25. The number of para-hydroxylation sites is 1. The van der Waals surface area contributed by atoms with Crippen molar-refractivity contribution in [2.45, 2.75) is 51.7 Å². The average Bonchev–Trinajstić information content (AvgIpc) is 2.82. The molecule has 4 heteroatoms. The zero-order valence-electron chi connectivity index (χ0n) is 13.3. The van der Waals surface area contributed by atoms with Crippen LogP contribution in [0.25, 0.3) is 0 Å². The van der Waals surface area contributed by atoms with Crippen molar-refractivity contribution in [3.8, 4) is 5.75 Å². The summed E-state index contributed by atoms with van der Waals surface area (Å²) in [6.45, 7) is 5.03. The Morgan fingerprint density at radius 2 is 2.00 bits per heavy atom. The van der Waals surface area contributed by atoms with Crippen LogP contribution in [0.1, 0.15) is 51.3 Å². The normalized spacial score (nSPS) is 21.9. The first-order valence-electron chi connectivity index (χ1n) is 7.92. The molecular formula is C17H26N2O2. The zero-order valence-corrected chi connectivity index (χ0v) is 13.3. The summed E-state index contributed by atoms with van der Waals surface area (Å²) in [6.07, 6.45) is 3.97. The van der Waals surface area contributed by atoms with Gasteiger partial charge in [0.05, 0.1) is 13.2 Å². The molecule has 4 nitrogen and oxygen atoms in total. The summed E-state index contributed by atoms with van der Waals surface area (Å²) in [7, 11) is 1.67. The van der Waals surface area contributed by atoms with E-state index in [4.69, 9.17) is 4.74 Å². The van der Waals surface area contributed by atoms with E-state index < -0.39 is 0 Å². The molecule has 1 aromatic carbocycles. The minimum Gasteiger partial charge on any atom is -0.496 e. The van der Waals surface area contributed by atoms with Gasteiger partial charge in [-0.05, 0) is 18.9 Å². The minimum absolute atomic E-state index is 0.0635. The van der Waals surface area contributed by atoms with E-state index in [1.807, 2.05) is 29.2 Å². The lowest BCUT2D eigenvalue weighted by atomic mass is 10.1. The Balaban J connectivity index is 2.25. The van der Waals surface area contributed by atoms with Crippen molar-refractivity contribution in [1.82, 2.24) is 10.2 Å². The van der Waals surface area contributed by atoms with Gasteiger partial charge in [-0.15, -0.1) is 0 Å². The number of carbonyl (C=O) groups is 1. The third-order valence-electron chi connectivity index (χ3n) is 4.00. The predicted molar refractivity (Wildman–Crippen MR) is 84.2 cm³/mol. The fourth-order valence-corrected chi connectivity index (χ4v) is 2.92. The molecule has 0 spiro atoms. The van der Waals surface area contributed by atoms with Crippen LogP contribution in [0, 0.1) is 0 Å². The van der Waals surface area contributed by atoms with Gasteiger partial charge in [0.15, 0.2) is 0 Å². The van der Waals surface area contributed by atoms with Crippen molar-refractivity contribution in [2.24, 2.45) is 0 Å². The van der Waals surface area contributed by atoms with Gasteiger partial charge in [-0.2, -0.15) is 0 Å². The third-order valence-corrected chi connectivity index (χ3v) is 4.00. The van der Waals surface area contributed by atoms with E-state index in [9.17, 15) is 4.79 Å². The first-order chi connectivity index (χ1) is 10.2. The number of methoxy groups -OCH3 is 1. The van der Waals surface area contributed by atoms with Gasteiger partial charge in [0, 0.05) is 12.1 Å². The van der Waals surface area contributed by atoms with Gasteiger partial charge in [-0.1, -0.05) is 44.9 Å². The first kappa shape index (κ1) is 15.8. The van der Waals surface area contributed by atoms with Crippen LogP contribution in [-0.4, -0.2) is 30.5 Å². The van der Waals surface area contributed by atoms with Gasteiger partial charge in [0.1, 0.15) is 11.9 Å². The maximum atomic E-state index is 12.6. The quantitative estimate of drug-likeness (QED) is 0.839. The minimum atomic E-state index is -0.0737. The largest absolute Gasteiger partial charge is 0.496 e. The molecule has 2 unspecified atom stereocenters. The SMILES string of the molecule is CCCCC1NC(c2ccccc2OC)N(CCC)C1=O. The number of carbonyl (C=O) groups excluding carboxylic acids is 1. The number of amides is 1. The fourth-order valence-electron chi connectivity index (χ4n) is 2.92. The number of ether oxygens (including phenoxy) is 1. The fraction of sp³-hybridized carbons (Fsp3) is 0.588. The lowest BCUT2D eigenvalue weighted by molar-refractivity contribution is -0.130. The number of nitrogens with one attached hydrogen (secondary N) is 1. The molecule has 1 aromatic rings. The standard InChI is InChI=1S/C17H26N2O2/c1-4-6-10-14-17(20)19(12-5-2)16(18-14)13-9-7-8-11-15(13)21-3/h7-9,11,14,16,18H,4-6,10,12H2,1-3H3. The van der Waals surface area contributed by atoms with Crippen molar-refractivity contribution < 1.29 is 9.53 Å². The third kappa shape index (κ3) is 3.38. The maximum Gasteiger partial charge on any atom is 0.241 e. The summed E-state index contributed by atoms with van der Waals surface area (Å²) in [6, 6.07) is 7.87. The smallest absolute Gasteiger partial charge is 0.241 e. The first-order valence-corrected chi connectivity index (χ1v) is 7.92. The number of unbranched alkanes of at least 4 members (excludes halogenated alkanes) is 1. The molecule has 1 amide bonds. The molecule has 0 radical (unpaired) electrons. The highest BCUT2D eigenvalue weighted by molar-refractivity contribution is 5.84. The molecule has 0 aliphatic carbocycles. The number of rotatable bonds is 7. The Labute approximate surface area is 127 Å². The summed E-state index contributed by atoms with van der Waals surface area (Å²) in [5.41, 5.74) is 1.04. The number of hydrogen-bond acceptors (Lipinski definition) is 3. The summed E-state index contributed by atoms with van der Waals surface area (Å²) in [4.78, 5) is 14.6. The van der Waals surface area contributed by atoms with Crippen LogP contribution in [0.15, 0.2) is 24.3 Å².